The number of carbonyl (C=O) groups excluding carboxylic acids is 2. The van der Waals surface area contributed by atoms with Crippen LogP contribution in [-0.4, -0.2) is 47.4 Å². The van der Waals surface area contributed by atoms with E-state index in [1.54, 1.807) is 0 Å². The number of amides is 1. The van der Waals surface area contributed by atoms with Crippen molar-refractivity contribution >= 4 is 11.9 Å². The number of aliphatic hydroxyl groups is 2. The minimum Gasteiger partial charge on any atom is -0.466 e. The van der Waals surface area contributed by atoms with E-state index in [1.165, 1.54) is 295 Å². The second kappa shape index (κ2) is 64.9. The summed E-state index contributed by atoms with van der Waals surface area (Å²) in [5.74, 6) is -0.0228. The fourth-order valence-electron chi connectivity index (χ4n) is 10.8. The Bertz CT molecular complexity index is 1170. The maximum absolute atomic E-state index is 12.5. The Morgan fingerprint density at radius 2 is 0.667 bits per heavy atom. The fraction of sp³-hybridized carbons (Fsp3) is 0.913. The predicted octanol–water partition coefficient (Wildman–Crippen LogP) is 21.8. The Morgan fingerprint density at radius 1 is 0.373 bits per heavy atom. The molecule has 0 aliphatic carbocycles. The first-order valence-electron chi connectivity index (χ1n) is 34.1. The molecule has 0 aromatic carbocycles. The van der Waals surface area contributed by atoms with E-state index in [-0.39, 0.29) is 18.5 Å². The summed E-state index contributed by atoms with van der Waals surface area (Å²) in [6.45, 7) is 4.95. The van der Waals surface area contributed by atoms with Crippen LogP contribution in [0.15, 0.2) is 24.3 Å². The van der Waals surface area contributed by atoms with Crippen molar-refractivity contribution in [2.24, 2.45) is 0 Å². The van der Waals surface area contributed by atoms with Crippen LogP contribution in [0, 0.1) is 0 Å². The van der Waals surface area contributed by atoms with Gasteiger partial charge in [0.25, 0.3) is 0 Å². The first-order chi connectivity index (χ1) is 37.0. The number of ether oxygens (including phenoxy) is 1. The van der Waals surface area contributed by atoms with Crippen LogP contribution in [0.1, 0.15) is 380 Å². The maximum atomic E-state index is 12.5. The largest absolute Gasteiger partial charge is 0.466 e. The Kier molecular flexibility index (Phi) is 63.4. The number of esters is 1. The van der Waals surface area contributed by atoms with Crippen molar-refractivity contribution in [3.05, 3.63) is 24.3 Å². The van der Waals surface area contributed by atoms with Gasteiger partial charge >= 0.3 is 5.97 Å². The molecule has 0 aromatic heterocycles. The third-order valence-electron chi connectivity index (χ3n) is 16.0. The molecule has 2 unspecified atom stereocenters. The molecule has 0 fully saturated rings. The average Bonchev–Trinajstić information content (AvgIpc) is 3.41. The molecule has 6 nitrogen and oxygen atoms in total. The molecule has 0 bridgehead atoms. The highest BCUT2D eigenvalue weighted by molar-refractivity contribution is 5.76. The van der Waals surface area contributed by atoms with Gasteiger partial charge in [0, 0.05) is 12.8 Å². The van der Waals surface area contributed by atoms with Crippen LogP contribution in [0.5, 0.6) is 0 Å². The molecule has 0 aliphatic heterocycles. The van der Waals surface area contributed by atoms with Crippen LogP contribution in [0.4, 0.5) is 0 Å². The number of nitrogens with one attached hydrogen (secondary N) is 1. The number of unbranched alkanes of at least 4 members (excludes halogenated alkanes) is 49. The van der Waals surface area contributed by atoms with E-state index < -0.39 is 12.1 Å². The van der Waals surface area contributed by atoms with Crippen molar-refractivity contribution in [3.8, 4) is 0 Å². The zero-order chi connectivity index (χ0) is 54.3. The normalized spacial score (nSPS) is 12.6. The van der Waals surface area contributed by atoms with Crippen LogP contribution in [0.3, 0.4) is 0 Å². The molecular weight excluding hydrogens is 923 g/mol. The van der Waals surface area contributed by atoms with Crippen molar-refractivity contribution in [2.45, 2.75) is 392 Å². The average molecular weight is 1060 g/mol. The van der Waals surface area contributed by atoms with Gasteiger partial charge in [0.05, 0.1) is 25.4 Å². The highest BCUT2D eigenvalue weighted by Crippen LogP contribution is 2.19. The van der Waals surface area contributed by atoms with Crippen molar-refractivity contribution < 1.29 is 24.5 Å². The standard InChI is InChI=1S/C69H133NO5/c1-3-5-7-9-11-13-15-17-18-36-39-43-47-51-55-59-63-69(74)75-64-60-56-52-48-44-40-37-34-32-30-28-26-24-22-20-19-21-23-25-27-29-31-33-35-38-42-46-50-54-58-62-68(73)70-66(65-71)67(72)61-57-53-49-45-41-16-14-12-10-8-6-4-2/h13,15,18,36,66-67,71-72H,3-12,14,16-17,19-35,37-65H2,1-2H3,(H,70,73)/b15-13-,36-18-. The van der Waals surface area contributed by atoms with E-state index in [9.17, 15) is 19.8 Å². The van der Waals surface area contributed by atoms with Crippen LogP contribution < -0.4 is 5.32 Å². The molecule has 75 heavy (non-hydrogen) atoms. The van der Waals surface area contributed by atoms with Crippen molar-refractivity contribution in [1.29, 1.82) is 0 Å². The molecule has 0 saturated heterocycles. The Balaban J connectivity index is 3.31. The fourth-order valence-corrected chi connectivity index (χ4v) is 10.8. The molecule has 0 heterocycles. The lowest BCUT2D eigenvalue weighted by Crippen LogP contribution is -2.45. The summed E-state index contributed by atoms with van der Waals surface area (Å²) >= 11 is 0. The summed E-state index contributed by atoms with van der Waals surface area (Å²) in [6, 6.07) is -0.537. The quantitative estimate of drug-likeness (QED) is 0.0320. The van der Waals surface area contributed by atoms with E-state index in [4.69, 9.17) is 4.74 Å². The second-order valence-electron chi connectivity index (χ2n) is 23.5. The number of hydrogen-bond acceptors (Lipinski definition) is 5. The van der Waals surface area contributed by atoms with Gasteiger partial charge in [0.1, 0.15) is 0 Å². The van der Waals surface area contributed by atoms with Crippen molar-refractivity contribution in [1.82, 2.24) is 5.32 Å². The van der Waals surface area contributed by atoms with E-state index in [0.717, 1.165) is 51.4 Å². The molecule has 0 aromatic rings. The topological polar surface area (TPSA) is 95.9 Å². The second-order valence-corrected chi connectivity index (χ2v) is 23.5. The summed E-state index contributed by atoms with van der Waals surface area (Å²) < 4.78 is 5.49. The molecule has 3 N–H and O–H groups in total. The molecule has 1 amide bonds. The minimum atomic E-state index is -0.660. The van der Waals surface area contributed by atoms with Gasteiger partial charge in [-0.25, -0.2) is 0 Å². The smallest absolute Gasteiger partial charge is 0.305 e. The summed E-state index contributed by atoms with van der Waals surface area (Å²) in [5.41, 5.74) is 0. The SMILES string of the molecule is CCCCCC/C=C\C/C=C\CCCCCCCC(=O)OCCCCCCCCCCCCCCCCCCCCCCCCCCCCCCCCC(=O)NC(CO)C(O)CCCCCCCCCCCCCC. The molecule has 0 saturated carbocycles. The van der Waals surface area contributed by atoms with Gasteiger partial charge in [0.15, 0.2) is 0 Å². The summed E-state index contributed by atoms with van der Waals surface area (Å²) in [7, 11) is 0. The van der Waals surface area contributed by atoms with Crippen molar-refractivity contribution in [3.63, 3.8) is 0 Å². The monoisotopic (exact) mass is 1060 g/mol. The maximum Gasteiger partial charge on any atom is 0.305 e. The molecule has 2 atom stereocenters. The Hall–Kier alpha value is -1.66. The van der Waals surface area contributed by atoms with Gasteiger partial charge in [-0.15, -0.1) is 0 Å². The summed E-state index contributed by atoms with van der Waals surface area (Å²) in [5, 5.41) is 23.3. The van der Waals surface area contributed by atoms with Gasteiger partial charge in [-0.3, -0.25) is 9.59 Å². The van der Waals surface area contributed by atoms with Gasteiger partial charge in [-0.05, 0) is 57.8 Å². The number of aliphatic hydroxyl groups excluding tert-OH is 2. The number of carbonyl (C=O) groups is 2. The lowest BCUT2D eigenvalue weighted by molar-refractivity contribution is -0.143. The molecular formula is C69H133NO5. The zero-order valence-electron chi connectivity index (χ0n) is 50.8. The van der Waals surface area contributed by atoms with Gasteiger partial charge in [0.2, 0.25) is 5.91 Å². The number of rotatable bonds is 64. The van der Waals surface area contributed by atoms with E-state index in [2.05, 4.69) is 43.5 Å². The molecule has 6 heteroatoms. The molecule has 0 radical (unpaired) electrons. The van der Waals surface area contributed by atoms with Crippen molar-refractivity contribution in [2.75, 3.05) is 13.2 Å². The van der Waals surface area contributed by atoms with Crippen LogP contribution in [0.2, 0.25) is 0 Å². The molecule has 0 rings (SSSR count). The minimum absolute atomic E-state index is 0.00705. The highest BCUT2D eigenvalue weighted by atomic mass is 16.5. The van der Waals surface area contributed by atoms with Crippen LogP contribution in [-0.2, 0) is 14.3 Å². The first kappa shape index (κ1) is 73.3. The van der Waals surface area contributed by atoms with Crippen LogP contribution in [0.25, 0.3) is 0 Å². The predicted molar refractivity (Wildman–Crippen MR) is 329 cm³/mol. The highest BCUT2D eigenvalue weighted by Gasteiger charge is 2.20. The van der Waals surface area contributed by atoms with E-state index in [1.807, 2.05) is 0 Å². The molecule has 444 valence electrons. The first-order valence-corrected chi connectivity index (χ1v) is 34.1. The third kappa shape index (κ3) is 61.4. The van der Waals surface area contributed by atoms with Gasteiger partial charge < -0.3 is 20.3 Å². The van der Waals surface area contributed by atoms with Gasteiger partial charge in [-0.2, -0.15) is 0 Å². The van der Waals surface area contributed by atoms with E-state index >= 15 is 0 Å². The lowest BCUT2D eigenvalue weighted by Gasteiger charge is -2.22. The number of allylic oxidation sites excluding steroid dienone is 4. The molecule has 0 spiro atoms. The zero-order valence-corrected chi connectivity index (χ0v) is 50.8. The lowest BCUT2D eigenvalue weighted by atomic mass is 10.0. The number of hydrogen-bond donors (Lipinski definition) is 3. The Morgan fingerprint density at radius 3 is 1.03 bits per heavy atom. The third-order valence-corrected chi connectivity index (χ3v) is 16.0. The summed E-state index contributed by atoms with van der Waals surface area (Å²) in [6.07, 6.45) is 80.8. The molecule has 0 aliphatic rings. The summed E-state index contributed by atoms with van der Waals surface area (Å²) in [4.78, 5) is 24.5. The Labute approximate surface area is 469 Å². The van der Waals surface area contributed by atoms with Gasteiger partial charge in [-0.1, -0.05) is 334 Å². The van der Waals surface area contributed by atoms with E-state index in [0.29, 0.717) is 25.9 Å². The van der Waals surface area contributed by atoms with Crippen LogP contribution >= 0.6 is 0 Å².